The fourth-order valence-corrected chi connectivity index (χ4v) is 3.63. The molecule has 2 aromatic carbocycles. The lowest BCUT2D eigenvalue weighted by atomic mass is 10.2. The van der Waals surface area contributed by atoms with Crippen molar-refractivity contribution in [1.82, 2.24) is 4.72 Å². The van der Waals surface area contributed by atoms with Crippen LogP contribution in [0.3, 0.4) is 0 Å². The first-order valence-corrected chi connectivity index (χ1v) is 9.70. The van der Waals surface area contributed by atoms with Crippen LogP contribution in [0.5, 0.6) is 5.75 Å². The predicted molar refractivity (Wildman–Crippen MR) is 99.2 cm³/mol. The molecule has 26 heavy (non-hydrogen) atoms. The molecule has 2 rings (SSSR count). The number of ether oxygens (including phenoxy) is 2. The van der Waals surface area contributed by atoms with Crippen LogP contribution in [-0.4, -0.2) is 28.1 Å². The van der Waals surface area contributed by atoms with Gasteiger partial charge in [0, 0.05) is 16.6 Å². The number of sulfonamides is 1. The van der Waals surface area contributed by atoms with E-state index in [1.54, 1.807) is 25.1 Å². The third-order valence-corrected chi connectivity index (χ3v) is 5.48. The normalized spacial score (nSPS) is 11.2. The summed E-state index contributed by atoms with van der Waals surface area (Å²) in [5.41, 5.74) is 1.18. The second-order valence-electron chi connectivity index (χ2n) is 5.35. The fourth-order valence-electron chi connectivity index (χ4n) is 2.07. The summed E-state index contributed by atoms with van der Waals surface area (Å²) >= 11 is 11.9. The summed E-state index contributed by atoms with van der Waals surface area (Å²) in [6, 6.07) is 9.17. The Morgan fingerprint density at radius 2 is 1.88 bits per heavy atom. The van der Waals surface area contributed by atoms with Gasteiger partial charge in [0.25, 0.3) is 0 Å². The maximum atomic E-state index is 12.5. The van der Waals surface area contributed by atoms with Gasteiger partial charge in [0.2, 0.25) is 10.0 Å². The van der Waals surface area contributed by atoms with Gasteiger partial charge in [-0.15, -0.1) is 0 Å². The SMILES string of the molecule is COC(=O)COc1ccc(S(=O)(=O)NCc2ccc(Cl)cc2Cl)cc1C. The molecule has 0 saturated heterocycles. The largest absolute Gasteiger partial charge is 0.482 e. The fraction of sp³-hybridized carbons (Fsp3) is 0.235. The van der Waals surface area contributed by atoms with E-state index in [2.05, 4.69) is 9.46 Å². The van der Waals surface area contributed by atoms with E-state index in [4.69, 9.17) is 27.9 Å². The van der Waals surface area contributed by atoms with E-state index in [0.717, 1.165) is 0 Å². The molecule has 0 saturated carbocycles. The Morgan fingerprint density at radius 3 is 2.50 bits per heavy atom. The van der Waals surface area contributed by atoms with Crippen molar-refractivity contribution >= 4 is 39.2 Å². The van der Waals surface area contributed by atoms with Crippen molar-refractivity contribution in [2.45, 2.75) is 18.4 Å². The van der Waals surface area contributed by atoms with Crippen LogP contribution in [-0.2, 0) is 26.1 Å². The highest BCUT2D eigenvalue weighted by molar-refractivity contribution is 7.89. The minimum Gasteiger partial charge on any atom is -0.482 e. The van der Waals surface area contributed by atoms with Gasteiger partial charge in [-0.3, -0.25) is 0 Å². The molecule has 0 heterocycles. The molecule has 0 bridgehead atoms. The first-order valence-electron chi connectivity index (χ1n) is 7.47. The maximum Gasteiger partial charge on any atom is 0.343 e. The summed E-state index contributed by atoms with van der Waals surface area (Å²) in [5, 5.41) is 0.850. The van der Waals surface area contributed by atoms with Gasteiger partial charge >= 0.3 is 5.97 Å². The van der Waals surface area contributed by atoms with Gasteiger partial charge in [0.05, 0.1) is 12.0 Å². The minimum atomic E-state index is -3.75. The second kappa shape index (κ2) is 8.73. The predicted octanol–water partition coefficient (Wildman–Crippen LogP) is 3.33. The number of carbonyl (C=O) groups is 1. The molecule has 0 amide bonds. The molecule has 0 radical (unpaired) electrons. The van der Waals surface area contributed by atoms with Crippen molar-refractivity contribution in [1.29, 1.82) is 0 Å². The average Bonchev–Trinajstić information content (AvgIpc) is 2.59. The van der Waals surface area contributed by atoms with E-state index >= 15 is 0 Å². The Kier molecular flexibility index (Phi) is 6.88. The summed E-state index contributed by atoms with van der Waals surface area (Å²) < 4.78 is 37.2. The molecule has 0 fully saturated rings. The number of benzene rings is 2. The van der Waals surface area contributed by atoms with Crippen molar-refractivity contribution in [3.63, 3.8) is 0 Å². The third-order valence-electron chi connectivity index (χ3n) is 3.50. The van der Waals surface area contributed by atoms with Gasteiger partial charge in [0.1, 0.15) is 5.75 Å². The lowest BCUT2D eigenvalue weighted by Gasteiger charge is -2.12. The first kappa shape index (κ1) is 20.5. The molecule has 2 aromatic rings. The number of nitrogens with one attached hydrogen (secondary N) is 1. The van der Waals surface area contributed by atoms with Crippen molar-refractivity contribution in [2.75, 3.05) is 13.7 Å². The first-order chi connectivity index (χ1) is 12.2. The minimum absolute atomic E-state index is 0.0258. The molecule has 9 heteroatoms. The quantitative estimate of drug-likeness (QED) is 0.698. The number of esters is 1. The zero-order valence-corrected chi connectivity index (χ0v) is 16.4. The summed E-state index contributed by atoms with van der Waals surface area (Å²) in [7, 11) is -2.49. The lowest BCUT2D eigenvalue weighted by Crippen LogP contribution is -2.23. The molecule has 140 valence electrons. The van der Waals surface area contributed by atoms with Crippen molar-refractivity contribution < 1.29 is 22.7 Å². The molecule has 0 spiro atoms. The summed E-state index contributed by atoms with van der Waals surface area (Å²) in [6.07, 6.45) is 0. The van der Waals surface area contributed by atoms with Gasteiger partial charge in [-0.05, 0) is 48.4 Å². The third kappa shape index (κ3) is 5.35. The molecule has 0 aliphatic rings. The maximum absolute atomic E-state index is 12.5. The highest BCUT2D eigenvalue weighted by Gasteiger charge is 2.16. The second-order valence-corrected chi connectivity index (χ2v) is 7.96. The lowest BCUT2D eigenvalue weighted by molar-refractivity contribution is -0.142. The molecule has 0 aliphatic heterocycles. The highest BCUT2D eigenvalue weighted by Crippen LogP contribution is 2.23. The van der Waals surface area contributed by atoms with Crippen LogP contribution in [0.25, 0.3) is 0 Å². The number of methoxy groups -OCH3 is 1. The van der Waals surface area contributed by atoms with Crippen LogP contribution >= 0.6 is 23.2 Å². The van der Waals surface area contributed by atoms with Crippen LogP contribution in [0, 0.1) is 6.92 Å². The van der Waals surface area contributed by atoms with Crippen LogP contribution in [0.1, 0.15) is 11.1 Å². The van der Waals surface area contributed by atoms with Crippen molar-refractivity contribution in [2.24, 2.45) is 0 Å². The smallest absolute Gasteiger partial charge is 0.343 e. The van der Waals surface area contributed by atoms with Crippen LogP contribution in [0.4, 0.5) is 0 Å². The van der Waals surface area contributed by atoms with Gasteiger partial charge in [-0.25, -0.2) is 17.9 Å². The zero-order chi connectivity index (χ0) is 19.3. The monoisotopic (exact) mass is 417 g/mol. The molecule has 6 nitrogen and oxygen atoms in total. The molecular weight excluding hydrogens is 401 g/mol. The Labute approximate surface area is 162 Å². The molecule has 0 atom stereocenters. The number of hydrogen-bond acceptors (Lipinski definition) is 5. The van der Waals surface area contributed by atoms with E-state index in [1.807, 2.05) is 0 Å². The Balaban J connectivity index is 2.10. The van der Waals surface area contributed by atoms with Crippen LogP contribution in [0.2, 0.25) is 10.0 Å². The van der Waals surface area contributed by atoms with Crippen LogP contribution < -0.4 is 9.46 Å². The van der Waals surface area contributed by atoms with E-state index in [-0.39, 0.29) is 18.0 Å². The van der Waals surface area contributed by atoms with Crippen LogP contribution in [0.15, 0.2) is 41.3 Å². The Hall–Kier alpha value is -1.80. The molecular formula is C17H17Cl2NO5S. The topological polar surface area (TPSA) is 81.7 Å². The van der Waals surface area contributed by atoms with Gasteiger partial charge in [0.15, 0.2) is 6.61 Å². The van der Waals surface area contributed by atoms with Crippen molar-refractivity contribution in [3.05, 3.63) is 57.6 Å². The molecule has 1 N–H and O–H groups in total. The molecule has 0 aliphatic carbocycles. The number of halogens is 2. The van der Waals surface area contributed by atoms with Gasteiger partial charge in [-0.1, -0.05) is 29.3 Å². The summed E-state index contributed by atoms with van der Waals surface area (Å²) in [6.45, 7) is 1.45. The highest BCUT2D eigenvalue weighted by atomic mass is 35.5. The molecule has 0 unspecified atom stereocenters. The van der Waals surface area contributed by atoms with E-state index in [9.17, 15) is 13.2 Å². The average molecular weight is 418 g/mol. The van der Waals surface area contributed by atoms with E-state index < -0.39 is 16.0 Å². The Bertz CT molecular complexity index is 915. The Morgan fingerprint density at radius 1 is 1.15 bits per heavy atom. The van der Waals surface area contributed by atoms with E-state index in [1.165, 1.54) is 25.3 Å². The molecule has 0 aromatic heterocycles. The van der Waals surface area contributed by atoms with Gasteiger partial charge < -0.3 is 9.47 Å². The number of rotatable bonds is 7. The standard InChI is InChI=1S/C17H17Cl2NO5S/c1-11-7-14(5-6-16(11)25-10-17(21)24-2)26(22,23)20-9-12-3-4-13(18)8-15(12)19/h3-8,20H,9-10H2,1-2H3. The van der Waals surface area contributed by atoms with E-state index in [0.29, 0.717) is 26.9 Å². The zero-order valence-electron chi connectivity index (χ0n) is 14.1. The number of carbonyl (C=O) groups excluding carboxylic acids is 1. The summed E-state index contributed by atoms with van der Waals surface area (Å²) in [5.74, 6) is -0.127. The van der Waals surface area contributed by atoms with Gasteiger partial charge in [-0.2, -0.15) is 0 Å². The summed E-state index contributed by atoms with van der Waals surface area (Å²) in [4.78, 5) is 11.2. The number of aryl methyl sites for hydroxylation is 1. The number of hydrogen-bond donors (Lipinski definition) is 1. The van der Waals surface area contributed by atoms with Crippen molar-refractivity contribution in [3.8, 4) is 5.75 Å².